The maximum absolute atomic E-state index is 12.3. The Bertz CT molecular complexity index is 523. The summed E-state index contributed by atoms with van der Waals surface area (Å²) in [6.07, 6.45) is -1.57. The summed E-state index contributed by atoms with van der Waals surface area (Å²) in [6, 6.07) is 1.40. The van der Waals surface area contributed by atoms with Gasteiger partial charge in [-0.2, -0.15) is 18.3 Å². The maximum atomic E-state index is 12.3. The lowest BCUT2D eigenvalue weighted by Gasteiger charge is -2.02. The highest BCUT2D eigenvalue weighted by Crippen LogP contribution is 2.28. The second kappa shape index (κ2) is 4.13. The fraction of sp³-hybridized carbons (Fsp3) is 0.222. The third-order valence-electron chi connectivity index (χ3n) is 1.98. The summed E-state index contributed by atoms with van der Waals surface area (Å²) in [6.45, 7) is -0.388. The van der Waals surface area contributed by atoms with Gasteiger partial charge in [0, 0.05) is 18.5 Å². The van der Waals surface area contributed by atoms with Crippen LogP contribution in [0.25, 0.3) is 5.82 Å². The smallest absolute Gasteiger partial charge is 0.388 e. The van der Waals surface area contributed by atoms with E-state index in [4.69, 9.17) is 5.11 Å². The standard InChI is InChI=1S/C9H7F3N4O/c10-9(11,12)6-3-14-16(4-6)8-1-2-13-7(5-17)15-8/h1-4,17H,5H2. The Kier molecular flexibility index (Phi) is 2.80. The summed E-state index contributed by atoms with van der Waals surface area (Å²) in [7, 11) is 0. The Balaban J connectivity index is 2.37. The van der Waals surface area contributed by atoms with Crippen molar-refractivity contribution < 1.29 is 18.3 Å². The second-order valence-electron chi connectivity index (χ2n) is 3.16. The van der Waals surface area contributed by atoms with Gasteiger partial charge in [0.15, 0.2) is 11.6 Å². The second-order valence-corrected chi connectivity index (χ2v) is 3.16. The lowest BCUT2D eigenvalue weighted by atomic mass is 10.4. The number of alkyl halides is 3. The molecule has 0 saturated heterocycles. The van der Waals surface area contributed by atoms with Crippen molar-refractivity contribution in [3.63, 3.8) is 0 Å². The number of rotatable bonds is 2. The van der Waals surface area contributed by atoms with Crippen LogP contribution in [0, 0.1) is 0 Å². The zero-order valence-corrected chi connectivity index (χ0v) is 8.39. The van der Waals surface area contributed by atoms with Gasteiger partial charge in [-0.25, -0.2) is 14.6 Å². The van der Waals surface area contributed by atoms with E-state index in [1.165, 1.54) is 12.3 Å². The molecule has 90 valence electrons. The van der Waals surface area contributed by atoms with E-state index in [1.54, 1.807) is 0 Å². The van der Waals surface area contributed by atoms with E-state index in [0.29, 0.717) is 6.20 Å². The predicted molar refractivity (Wildman–Crippen MR) is 50.1 cm³/mol. The van der Waals surface area contributed by atoms with Gasteiger partial charge >= 0.3 is 6.18 Å². The lowest BCUT2D eigenvalue weighted by molar-refractivity contribution is -0.137. The molecule has 8 heteroatoms. The van der Waals surface area contributed by atoms with Crippen molar-refractivity contribution in [2.75, 3.05) is 0 Å². The van der Waals surface area contributed by atoms with Gasteiger partial charge in [-0.1, -0.05) is 0 Å². The number of aliphatic hydroxyl groups is 1. The van der Waals surface area contributed by atoms with Crippen molar-refractivity contribution in [2.45, 2.75) is 12.8 Å². The molecule has 0 saturated carbocycles. The number of aromatic nitrogens is 4. The molecule has 17 heavy (non-hydrogen) atoms. The minimum absolute atomic E-state index is 0.117. The molecule has 0 atom stereocenters. The fourth-order valence-electron chi connectivity index (χ4n) is 1.19. The van der Waals surface area contributed by atoms with Gasteiger partial charge in [0.25, 0.3) is 0 Å². The Morgan fingerprint density at radius 1 is 1.35 bits per heavy atom. The van der Waals surface area contributed by atoms with E-state index in [9.17, 15) is 13.2 Å². The van der Waals surface area contributed by atoms with E-state index < -0.39 is 11.7 Å². The molecule has 0 fully saturated rings. The fourth-order valence-corrected chi connectivity index (χ4v) is 1.19. The van der Waals surface area contributed by atoms with Crippen LogP contribution in [0.1, 0.15) is 11.4 Å². The van der Waals surface area contributed by atoms with E-state index >= 15 is 0 Å². The van der Waals surface area contributed by atoms with Gasteiger partial charge in [0.1, 0.15) is 6.61 Å². The van der Waals surface area contributed by atoms with Crippen LogP contribution in [0.3, 0.4) is 0 Å². The molecule has 0 spiro atoms. The Morgan fingerprint density at radius 3 is 2.71 bits per heavy atom. The Labute approximate surface area is 93.6 Å². The van der Waals surface area contributed by atoms with Gasteiger partial charge in [0.05, 0.1) is 11.8 Å². The van der Waals surface area contributed by atoms with E-state index in [2.05, 4.69) is 15.1 Å². The zero-order chi connectivity index (χ0) is 12.5. The summed E-state index contributed by atoms with van der Waals surface area (Å²) in [4.78, 5) is 7.54. The number of hydrogen-bond acceptors (Lipinski definition) is 4. The highest BCUT2D eigenvalue weighted by molar-refractivity contribution is 5.22. The molecule has 0 aliphatic carbocycles. The molecule has 0 radical (unpaired) electrons. The highest BCUT2D eigenvalue weighted by Gasteiger charge is 2.32. The average Bonchev–Trinajstić information content (AvgIpc) is 2.78. The quantitative estimate of drug-likeness (QED) is 0.861. The van der Waals surface area contributed by atoms with Crippen molar-refractivity contribution in [1.82, 2.24) is 19.7 Å². The van der Waals surface area contributed by atoms with E-state index in [1.807, 2.05) is 0 Å². The van der Waals surface area contributed by atoms with Crippen LogP contribution in [0.2, 0.25) is 0 Å². The zero-order valence-electron chi connectivity index (χ0n) is 8.39. The Hall–Kier alpha value is -1.96. The van der Waals surface area contributed by atoms with Crippen molar-refractivity contribution >= 4 is 0 Å². The lowest BCUT2D eigenvalue weighted by Crippen LogP contribution is -2.04. The van der Waals surface area contributed by atoms with Gasteiger partial charge < -0.3 is 5.11 Å². The molecule has 0 bridgehead atoms. The van der Waals surface area contributed by atoms with Gasteiger partial charge in [-0.05, 0) is 0 Å². The van der Waals surface area contributed by atoms with Gasteiger partial charge in [-0.3, -0.25) is 0 Å². The molecule has 2 rings (SSSR count). The maximum Gasteiger partial charge on any atom is 0.419 e. The first-order chi connectivity index (χ1) is 8.00. The molecule has 0 unspecified atom stereocenters. The first-order valence-electron chi connectivity index (χ1n) is 4.56. The van der Waals surface area contributed by atoms with E-state index in [-0.39, 0.29) is 18.2 Å². The van der Waals surface area contributed by atoms with Gasteiger partial charge in [0.2, 0.25) is 0 Å². The van der Waals surface area contributed by atoms with Crippen LogP contribution in [0.15, 0.2) is 24.7 Å². The Morgan fingerprint density at radius 2 is 2.12 bits per heavy atom. The predicted octanol–water partition coefficient (Wildman–Crippen LogP) is 1.17. The van der Waals surface area contributed by atoms with E-state index in [0.717, 1.165) is 10.9 Å². The SMILES string of the molecule is OCc1nccc(-n2cc(C(F)(F)F)cn2)n1. The van der Waals surface area contributed by atoms with Crippen molar-refractivity contribution in [2.24, 2.45) is 0 Å². The van der Waals surface area contributed by atoms with Crippen LogP contribution in [0.4, 0.5) is 13.2 Å². The molecular weight excluding hydrogens is 237 g/mol. The molecule has 5 nitrogen and oxygen atoms in total. The third kappa shape index (κ3) is 2.41. The number of nitrogens with zero attached hydrogens (tertiary/aromatic N) is 4. The molecule has 0 aliphatic rings. The summed E-state index contributed by atoms with van der Waals surface area (Å²) in [5.41, 5.74) is -0.860. The topological polar surface area (TPSA) is 63.8 Å². The number of aliphatic hydroxyl groups excluding tert-OH is 1. The third-order valence-corrected chi connectivity index (χ3v) is 1.98. The summed E-state index contributed by atoms with van der Waals surface area (Å²) in [5, 5.41) is 12.4. The van der Waals surface area contributed by atoms with Crippen LogP contribution in [-0.4, -0.2) is 24.9 Å². The summed E-state index contributed by atoms with van der Waals surface area (Å²) < 4.78 is 38.0. The van der Waals surface area contributed by atoms with Crippen molar-refractivity contribution in [3.05, 3.63) is 36.0 Å². The molecule has 2 heterocycles. The van der Waals surface area contributed by atoms with Crippen LogP contribution < -0.4 is 0 Å². The van der Waals surface area contributed by atoms with Crippen molar-refractivity contribution in [3.8, 4) is 5.82 Å². The largest absolute Gasteiger partial charge is 0.419 e. The first-order valence-corrected chi connectivity index (χ1v) is 4.56. The molecular formula is C9H7F3N4O. The normalized spacial score (nSPS) is 11.8. The molecule has 0 aliphatic heterocycles. The first kappa shape index (κ1) is 11.5. The molecule has 1 N–H and O–H groups in total. The highest BCUT2D eigenvalue weighted by atomic mass is 19.4. The number of hydrogen-bond donors (Lipinski definition) is 1. The van der Waals surface area contributed by atoms with Crippen LogP contribution in [-0.2, 0) is 12.8 Å². The van der Waals surface area contributed by atoms with Crippen LogP contribution >= 0.6 is 0 Å². The molecule has 0 amide bonds. The minimum Gasteiger partial charge on any atom is -0.388 e. The van der Waals surface area contributed by atoms with Crippen molar-refractivity contribution in [1.29, 1.82) is 0 Å². The van der Waals surface area contributed by atoms with Gasteiger partial charge in [-0.15, -0.1) is 0 Å². The minimum atomic E-state index is -4.44. The molecule has 2 aromatic rings. The summed E-state index contributed by atoms with van der Waals surface area (Å²) in [5.74, 6) is 0.283. The average molecular weight is 244 g/mol. The summed E-state index contributed by atoms with van der Waals surface area (Å²) >= 11 is 0. The number of halogens is 3. The molecule has 0 aromatic carbocycles. The van der Waals surface area contributed by atoms with Crippen LogP contribution in [0.5, 0.6) is 0 Å². The molecule has 2 aromatic heterocycles. The monoisotopic (exact) mass is 244 g/mol.